The first kappa shape index (κ1) is 24.1. The number of phenols is 1. The number of carbonyl (C=O) groups is 2. The van der Waals surface area contributed by atoms with Crippen LogP contribution in [0.2, 0.25) is 0 Å². The number of rotatable bonds is 9. The molecule has 172 valence electrons. The fraction of sp³-hybridized carbons (Fsp3) is 0.440. The highest BCUT2D eigenvalue weighted by atomic mass is 79.9. The van der Waals surface area contributed by atoms with E-state index < -0.39 is 5.97 Å². The lowest BCUT2D eigenvalue weighted by Gasteiger charge is -2.31. The number of carbonyl (C=O) groups excluding carboxylic acids is 1. The van der Waals surface area contributed by atoms with E-state index >= 15 is 0 Å². The molecular weight excluding hydrogens is 476 g/mol. The molecule has 3 rings (SSSR count). The van der Waals surface area contributed by atoms with Gasteiger partial charge in [0.05, 0.1) is 16.5 Å². The number of carboxylic acids is 1. The molecule has 1 aliphatic rings. The molecule has 0 spiro atoms. The van der Waals surface area contributed by atoms with Gasteiger partial charge in [-0.1, -0.05) is 19.4 Å². The Morgan fingerprint density at radius 2 is 1.75 bits per heavy atom. The van der Waals surface area contributed by atoms with E-state index in [4.69, 9.17) is 14.6 Å². The quantitative estimate of drug-likeness (QED) is 0.425. The van der Waals surface area contributed by atoms with Crippen molar-refractivity contribution in [3.63, 3.8) is 0 Å². The summed E-state index contributed by atoms with van der Waals surface area (Å²) < 4.78 is 13.2. The van der Waals surface area contributed by atoms with Gasteiger partial charge in [0.2, 0.25) is 0 Å². The Hall–Kier alpha value is -2.54. The van der Waals surface area contributed by atoms with Gasteiger partial charge in [-0.15, -0.1) is 0 Å². The third kappa shape index (κ3) is 6.03. The summed E-state index contributed by atoms with van der Waals surface area (Å²) in [5.74, 6) is 0.282. The summed E-state index contributed by atoms with van der Waals surface area (Å²) in [6, 6.07) is 8.74. The summed E-state index contributed by atoms with van der Waals surface area (Å²) in [4.78, 5) is 22.7. The van der Waals surface area contributed by atoms with Crippen molar-refractivity contribution in [1.82, 2.24) is 0 Å². The maximum atomic E-state index is 11.8. The topological polar surface area (TPSA) is 93.1 Å². The molecule has 1 saturated carbocycles. The van der Waals surface area contributed by atoms with Gasteiger partial charge in [0.15, 0.2) is 5.78 Å². The lowest BCUT2D eigenvalue weighted by atomic mass is 9.94. The molecular formula is C25H29BrO6. The Labute approximate surface area is 196 Å². The molecule has 0 unspecified atom stereocenters. The van der Waals surface area contributed by atoms with Crippen molar-refractivity contribution in [3.8, 4) is 17.2 Å². The second-order valence-corrected chi connectivity index (χ2v) is 9.08. The fourth-order valence-corrected chi connectivity index (χ4v) is 4.62. The molecule has 2 N–H and O–H groups in total. The molecule has 1 aliphatic carbocycles. The van der Waals surface area contributed by atoms with E-state index in [1.807, 2.05) is 6.92 Å². The highest BCUT2D eigenvalue weighted by Crippen LogP contribution is 2.36. The number of hydrogen-bond acceptors (Lipinski definition) is 5. The highest BCUT2D eigenvalue weighted by Gasteiger charge is 2.27. The van der Waals surface area contributed by atoms with E-state index in [0.29, 0.717) is 41.0 Å². The molecule has 2 atom stereocenters. The van der Waals surface area contributed by atoms with Crippen molar-refractivity contribution < 1.29 is 29.3 Å². The van der Waals surface area contributed by atoms with Crippen LogP contribution >= 0.6 is 15.9 Å². The number of carboxylic acid groups (broad SMARTS) is 1. The first-order chi connectivity index (χ1) is 15.3. The van der Waals surface area contributed by atoms with Gasteiger partial charge in [-0.2, -0.15) is 0 Å². The van der Waals surface area contributed by atoms with Crippen LogP contribution in [0.4, 0.5) is 0 Å². The maximum Gasteiger partial charge on any atom is 0.307 e. The number of aliphatic carboxylic acids is 1. The van der Waals surface area contributed by atoms with E-state index in [0.717, 1.165) is 30.2 Å². The molecule has 32 heavy (non-hydrogen) atoms. The minimum Gasteiger partial charge on any atom is -0.507 e. The van der Waals surface area contributed by atoms with Crippen molar-refractivity contribution in [2.24, 2.45) is 0 Å². The Bertz CT molecular complexity index is 987. The van der Waals surface area contributed by atoms with Crippen molar-refractivity contribution in [2.45, 2.75) is 71.0 Å². The molecule has 6 nitrogen and oxygen atoms in total. The zero-order valence-corrected chi connectivity index (χ0v) is 20.0. The number of phenolic OH excluding ortho intramolecular Hbond substituents is 1. The summed E-state index contributed by atoms with van der Waals surface area (Å²) >= 11 is 3.48. The Morgan fingerprint density at radius 1 is 1.09 bits per heavy atom. The van der Waals surface area contributed by atoms with Gasteiger partial charge in [-0.3, -0.25) is 9.59 Å². The Morgan fingerprint density at radius 3 is 2.34 bits per heavy atom. The van der Waals surface area contributed by atoms with Gasteiger partial charge in [0.1, 0.15) is 29.5 Å². The van der Waals surface area contributed by atoms with Gasteiger partial charge in [0.25, 0.3) is 0 Å². The number of ketones is 1. The molecule has 7 heteroatoms. The van der Waals surface area contributed by atoms with Crippen LogP contribution in [0.1, 0.15) is 67.4 Å². The Balaban J connectivity index is 1.70. The SMILES string of the molecule is CCCc1c(O[C@@H]2CCC[C@H](Oc3ccc(CC(=O)O)cc3Br)C2)ccc(C(C)=O)c1O. The monoisotopic (exact) mass is 504 g/mol. The second kappa shape index (κ2) is 10.9. The minimum atomic E-state index is -0.873. The number of hydrogen-bond donors (Lipinski definition) is 2. The van der Waals surface area contributed by atoms with Crippen LogP contribution in [-0.4, -0.2) is 34.2 Å². The largest absolute Gasteiger partial charge is 0.507 e. The van der Waals surface area contributed by atoms with Crippen LogP contribution in [0.15, 0.2) is 34.8 Å². The highest BCUT2D eigenvalue weighted by molar-refractivity contribution is 9.10. The van der Waals surface area contributed by atoms with Crippen LogP contribution < -0.4 is 9.47 Å². The molecule has 0 heterocycles. The van der Waals surface area contributed by atoms with Crippen LogP contribution in [0.5, 0.6) is 17.2 Å². The number of aromatic hydroxyl groups is 1. The lowest BCUT2D eigenvalue weighted by Crippen LogP contribution is -2.32. The number of Topliss-reactive ketones (excluding diaryl/α,β-unsaturated/α-hetero) is 1. The van der Waals surface area contributed by atoms with Crippen LogP contribution in [0.25, 0.3) is 0 Å². The van der Waals surface area contributed by atoms with E-state index in [9.17, 15) is 14.7 Å². The maximum absolute atomic E-state index is 11.8. The molecule has 2 aromatic rings. The first-order valence-electron chi connectivity index (χ1n) is 11.0. The normalized spacial score (nSPS) is 18.2. The van der Waals surface area contributed by atoms with Crippen LogP contribution in [0.3, 0.4) is 0 Å². The van der Waals surface area contributed by atoms with Crippen LogP contribution in [-0.2, 0) is 17.6 Å². The molecule has 0 radical (unpaired) electrons. The van der Waals surface area contributed by atoms with Gasteiger partial charge in [0, 0.05) is 12.0 Å². The summed E-state index contributed by atoms with van der Waals surface area (Å²) in [7, 11) is 0. The van der Waals surface area contributed by atoms with Gasteiger partial charge in [-0.05, 0) is 78.4 Å². The zero-order valence-electron chi connectivity index (χ0n) is 18.4. The number of ether oxygens (including phenoxy) is 2. The molecule has 0 saturated heterocycles. The molecule has 1 fully saturated rings. The summed E-state index contributed by atoms with van der Waals surface area (Å²) in [6.45, 7) is 3.47. The molecule has 0 aliphatic heterocycles. The predicted octanol–water partition coefficient (Wildman–Crippen LogP) is 5.71. The van der Waals surface area contributed by atoms with Crippen molar-refractivity contribution in [3.05, 3.63) is 51.5 Å². The van der Waals surface area contributed by atoms with E-state index in [1.54, 1.807) is 30.3 Å². The van der Waals surface area contributed by atoms with Gasteiger partial charge < -0.3 is 19.7 Å². The summed E-state index contributed by atoms with van der Waals surface area (Å²) in [6.07, 6.45) is 4.77. The van der Waals surface area contributed by atoms with Crippen molar-refractivity contribution >= 4 is 27.7 Å². The average Bonchev–Trinajstić information content (AvgIpc) is 2.72. The lowest BCUT2D eigenvalue weighted by molar-refractivity contribution is -0.136. The fourth-order valence-electron chi connectivity index (χ4n) is 4.10. The van der Waals surface area contributed by atoms with Gasteiger partial charge in [-0.25, -0.2) is 0 Å². The van der Waals surface area contributed by atoms with Gasteiger partial charge >= 0.3 is 5.97 Å². The van der Waals surface area contributed by atoms with Crippen LogP contribution in [0, 0.1) is 0 Å². The Kier molecular flexibility index (Phi) is 8.18. The molecule has 0 bridgehead atoms. The number of halogens is 1. The third-order valence-corrected chi connectivity index (χ3v) is 6.26. The standard InChI is InChI=1S/C25H29BrO6/c1-3-5-20-22(11-9-19(15(2)27)25(20)30)31-17-6-4-7-18(14-17)32-23-10-8-16(12-21(23)26)13-24(28)29/h8-12,17-18,30H,3-7,13-14H2,1-2H3,(H,28,29)/t17-,18+/m1/s1. The number of benzene rings is 2. The predicted molar refractivity (Wildman–Crippen MR) is 125 cm³/mol. The summed E-state index contributed by atoms with van der Waals surface area (Å²) in [5, 5.41) is 19.5. The van der Waals surface area contributed by atoms with E-state index in [1.165, 1.54) is 6.92 Å². The average molecular weight is 505 g/mol. The van der Waals surface area contributed by atoms with E-state index in [2.05, 4.69) is 15.9 Å². The smallest absolute Gasteiger partial charge is 0.307 e. The molecule has 0 aromatic heterocycles. The van der Waals surface area contributed by atoms with E-state index in [-0.39, 0.29) is 30.2 Å². The second-order valence-electron chi connectivity index (χ2n) is 8.23. The molecule has 2 aromatic carbocycles. The van der Waals surface area contributed by atoms with Crippen molar-refractivity contribution in [2.75, 3.05) is 0 Å². The zero-order chi connectivity index (χ0) is 23.3. The third-order valence-electron chi connectivity index (χ3n) is 5.64. The van der Waals surface area contributed by atoms with Crippen molar-refractivity contribution in [1.29, 1.82) is 0 Å². The minimum absolute atomic E-state index is 0.0193. The molecule has 0 amide bonds. The first-order valence-corrected chi connectivity index (χ1v) is 11.8. The summed E-state index contributed by atoms with van der Waals surface area (Å²) in [5.41, 5.74) is 1.71.